The predicted molar refractivity (Wildman–Crippen MR) is 94.5 cm³/mol. The predicted octanol–water partition coefficient (Wildman–Crippen LogP) is 2.48. The van der Waals surface area contributed by atoms with Gasteiger partial charge in [0.25, 0.3) is 0 Å². The zero-order valence-electron chi connectivity index (χ0n) is 15.0. The van der Waals surface area contributed by atoms with Crippen LogP contribution in [-0.2, 0) is 16.0 Å². The molecule has 132 valence electrons. The molecule has 1 aliphatic rings. The van der Waals surface area contributed by atoms with Crippen molar-refractivity contribution in [1.29, 1.82) is 0 Å². The van der Waals surface area contributed by atoms with Gasteiger partial charge in [0.1, 0.15) is 6.04 Å². The number of hydrogen-bond donors (Lipinski definition) is 1. The molecule has 1 N–H and O–H groups in total. The number of aromatic nitrogens is 1. The molecule has 1 aliphatic heterocycles. The van der Waals surface area contributed by atoms with Gasteiger partial charge in [0.15, 0.2) is 0 Å². The second-order valence-corrected chi connectivity index (χ2v) is 7.04. The Bertz CT molecular complexity index is 554. The number of pyridine rings is 1. The first-order valence-corrected chi connectivity index (χ1v) is 8.96. The molecule has 0 aliphatic carbocycles. The summed E-state index contributed by atoms with van der Waals surface area (Å²) in [5, 5.41) is 3.01. The van der Waals surface area contributed by atoms with Crippen LogP contribution in [0.1, 0.15) is 50.8 Å². The normalized spacial score (nSPS) is 16.3. The minimum atomic E-state index is -0.339. The summed E-state index contributed by atoms with van der Waals surface area (Å²) < 4.78 is 0. The van der Waals surface area contributed by atoms with Gasteiger partial charge in [-0.2, -0.15) is 0 Å². The van der Waals surface area contributed by atoms with Gasteiger partial charge in [-0.05, 0) is 50.2 Å². The zero-order chi connectivity index (χ0) is 17.5. The van der Waals surface area contributed by atoms with E-state index in [2.05, 4.69) is 24.1 Å². The topological polar surface area (TPSA) is 62.3 Å². The van der Waals surface area contributed by atoms with E-state index in [-0.39, 0.29) is 17.9 Å². The van der Waals surface area contributed by atoms with Crippen molar-refractivity contribution >= 4 is 11.8 Å². The lowest BCUT2D eigenvalue weighted by molar-refractivity contribution is -0.143. The number of aryl methyl sites for hydroxylation is 1. The number of likely N-dealkylation sites (tertiary alicyclic amines) is 1. The minimum absolute atomic E-state index is 0.0287. The first-order chi connectivity index (χ1) is 11.5. The summed E-state index contributed by atoms with van der Waals surface area (Å²) in [7, 11) is 0. The van der Waals surface area contributed by atoms with Crippen LogP contribution in [0.2, 0.25) is 0 Å². The van der Waals surface area contributed by atoms with E-state index < -0.39 is 0 Å². The van der Waals surface area contributed by atoms with E-state index in [9.17, 15) is 9.59 Å². The maximum Gasteiger partial charge on any atom is 0.242 e. The molecule has 2 heterocycles. The Morgan fingerprint density at radius 3 is 2.75 bits per heavy atom. The van der Waals surface area contributed by atoms with Gasteiger partial charge in [-0.1, -0.05) is 19.9 Å². The molecule has 1 saturated heterocycles. The van der Waals surface area contributed by atoms with Gasteiger partial charge < -0.3 is 10.2 Å². The lowest BCUT2D eigenvalue weighted by atomic mass is 9.98. The van der Waals surface area contributed by atoms with E-state index in [0.717, 1.165) is 30.5 Å². The summed E-state index contributed by atoms with van der Waals surface area (Å²) >= 11 is 0. The molecule has 0 saturated carbocycles. The number of nitrogens with zero attached hydrogens (tertiary/aromatic N) is 2. The molecule has 5 heteroatoms. The average Bonchev–Trinajstić information content (AvgIpc) is 2.55. The number of piperidine rings is 1. The Morgan fingerprint density at radius 1 is 1.33 bits per heavy atom. The highest BCUT2D eigenvalue weighted by molar-refractivity contribution is 5.88. The van der Waals surface area contributed by atoms with Crippen LogP contribution in [0.3, 0.4) is 0 Å². The van der Waals surface area contributed by atoms with Crippen LogP contribution in [0, 0.1) is 12.8 Å². The van der Waals surface area contributed by atoms with Crippen LogP contribution in [0.15, 0.2) is 18.3 Å². The molecule has 1 unspecified atom stereocenters. The van der Waals surface area contributed by atoms with Crippen molar-refractivity contribution in [2.75, 3.05) is 13.1 Å². The first kappa shape index (κ1) is 18.4. The minimum Gasteiger partial charge on any atom is -0.354 e. The van der Waals surface area contributed by atoms with Gasteiger partial charge in [0, 0.05) is 31.4 Å². The third kappa shape index (κ3) is 5.32. The molecule has 0 aromatic carbocycles. The number of carbonyl (C=O) groups is 2. The van der Waals surface area contributed by atoms with Crippen LogP contribution in [0.5, 0.6) is 0 Å². The van der Waals surface area contributed by atoms with Gasteiger partial charge >= 0.3 is 0 Å². The fraction of sp³-hybridized carbons (Fsp3) is 0.632. The number of rotatable bonds is 7. The number of hydrogen-bond acceptors (Lipinski definition) is 3. The summed E-state index contributed by atoms with van der Waals surface area (Å²) in [5.74, 6) is 0.459. The Hall–Kier alpha value is -1.91. The van der Waals surface area contributed by atoms with E-state index in [1.165, 1.54) is 0 Å². The lowest BCUT2D eigenvalue weighted by Crippen LogP contribution is -2.52. The van der Waals surface area contributed by atoms with Gasteiger partial charge in [-0.3, -0.25) is 14.6 Å². The molecule has 0 radical (unpaired) electrons. The van der Waals surface area contributed by atoms with Gasteiger partial charge in [-0.25, -0.2) is 0 Å². The number of nitrogens with one attached hydrogen (secondary N) is 1. The largest absolute Gasteiger partial charge is 0.354 e. The van der Waals surface area contributed by atoms with Crippen molar-refractivity contribution in [2.24, 2.45) is 5.92 Å². The lowest BCUT2D eigenvalue weighted by Gasteiger charge is -2.34. The summed E-state index contributed by atoms with van der Waals surface area (Å²) in [4.78, 5) is 30.9. The quantitative estimate of drug-likeness (QED) is 0.835. The molecule has 0 spiro atoms. The molecule has 0 bridgehead atoms. The molecule has 1 atom stereocenters. The first-order valence-electron chi connectivity index (χ1n) is 8.96. The molecule has 1 fully saturated rings. The zero-order valence-corrected chi connectivity index (χ0v) is 15.0. The van der Waals surface area contributed by atoms with E-state index in [1.54, 1.807) is 4.90 Å². The highest BCUT2D eigenvalue weighted by Crippen LogP contribution is 2.19. The van der Waals surface area contributed by atoms with Crippen molar-refractivity contribution in [3.63, 3.8) is 0 Å². The third-order valence-corrected chi connectivity index (χ3v) is 4.42. The average molecular weight is 331 g/mol. The smallest absolute Gasteiger partial charge is 0.242 e. The monoisotopic (exact) mass is 331 g/mol. The molecule has 5 nitrogen and oxygen atoms in total. The fourth-order valence-corrected chi connectivity index (χ4v) is 3.07. The summed E-state index contributed by atoms with van der Waals surface area (Å²) in [6, 6.07) is 3.67. The Kier molecular flexibility index (Phi) is 6.76. The van der Waals surface area contributed by atoms with Crippen molar-refractivity contribution < 1.29 is 9.59 Å². The second kappa shape index (κ2) is 8.81. The molecule has 2 amide bonds. The highest BCUT2D eigenvalue weighted by Gasteiger charge is 2.31. The maximum absolute atomic E-state index is 12.6. The Labute approximate surface area is 144 Å². The van der Waals surface area contributed by atoms with E-state index in [4.69, 9.17) is 0 Å². The highest BCUT2D eigenvalue weighted by atomic mass is 16.2. The summed E-state index contributed by atoms with van der Waals surface area (Å²) in [6.45, 7) is 7.41. The number of amides is 2. The van der Waals surface area contributed by atoms with Crippen molar-refractivity contribution in [2.45, 2.75) is 58.9 Å². The van der Waals surface area contributed by atoms with Crippen molar-refractivity contribution in [3.8, 4) is 0 Å². The standard InChI is InChI=1S/C19H29N3O2/c1-14(2)12-17(22-11-5-4-6-18(22)23)19(24)20-10-9-16-8-7-15(3)21-13-16/h7-8,13-14,17H,4-6,9-12H2,1-3H3,(H,20,24). The van der Waals surface area contributed by atoms with Crippen molar-refractivity contribution in [3.05, 3.63) is 29.6 Å². The van der Waals surface area contributed by atoms with Gasteiger partial charge in [0.2, 0.25) is 11.8 Å². The number of carbonyl (C=O) groups excluding carboxylic acids is 2. The van der Waals surface area contributed by atoms with Crippen molar-refractivity contribution in [1.82, 2.24) is 15.2 Å². The molecule has 1 aromatic rings. The second-order valence-electron chi connectivity index (χ2n) is 7.04. The molecular weight excluding hydrogens is 302 g/mol. The van der Waals surface area contributed by atoms with Crippen LogP contribution < -0.4 is 5.32 Å². The SMILES string of the molecule is Cc1ccc(CCNC(=O)C(CC(C)C)N2CCCCC2=O)cn1. The van der Waals surface area contributed by atoms with E-state index in [1.807, 2.05) is 25.3 Å². The maximum atomic E-state index is 12.6. The van der Waals surface area contributed by atoms with E-state index in [0.29, 0.717) is 31.8 Å². The van der Waals surface area contributed by atoms with Gasteiger partial charge in [-0.15, -0.1) is 0 Å². The Balaban J connectivity index is 1.91. The third-order valence-electron chi connectivity index (χ3n) is 4.42. The molecule has 24 heavy (non-hydrogen) atoms. The molecular formula is C19H29N3O2. The van der Waals surface area contributed by atoms with Gasteiger partial charge in [0.05, 0.1) is 0 Å². The van der Waals surface area contributed by atoms with Crippen LogP contribution in [0.25, 0.3) is 0 Å². The summed E-state index contributed by atoms with van der Waals surface area (Å²) in [5.41, 5.74) is 2.10. The molecule has 2 rings (SSSR count). The molecule has 1 aromatic heterocycles. The van der Waals surface area contributed by atoms with Crippen LogP contribution in [-0.4, -0.2) is 40.8 Å². The van der Waals surface area contributed by atoms with E-state index >= 15 is 0 Å². The van der Waals surface area contributed by atoms with Crippen LogP contribution >= 0.6 is 0 Å². The summed E-state index contributed by atoms with van der Waals surface area (Å²) in [6.07, 6.45) is 5.80. The van der Waals surface area contributed by atoms with Crippen LogP contribution in [0.4, 0.5) is 0 Å². The Morgan fingerprint density at radius 2 is 2.12 bits per heavy atom. The fourth-order valence-electron chi connectivity index (χ4n) is 3.07.